The van der Waals surface area contributed by atoms with Gasteiger partial charge < -0.3 is 10.2 Å². The summed E-state index contributed by atoms with van der Waals surface area (Å²) in [6, 6.07) is 14.0. The molecule has 2 aromatic carbocycles. The number of hydrogen-bond donors (Lipinski definition) is 1. The minimum atomic E-state index is -0.0704. The van der Waals surface area contributed by atoms with Gasteiger partial charge in [-0.2, -0.15) is 9.36 Å². The first-order valence-corrected chi connectivity index (χ1v) is 9.19. The summed E-state index contributed by atoms with van der Waals surface area (Å²) >= 11 is 1.29. The van der Waals surface area contributed by atoms with Gasteiger partial charge in [0.15, 0.2) is 5.82 Å². The van der Waals surface area contributed by atoms with Crippen molar-refractivity contribution in [3.05, 3.63) is 59.2 Å². The fraction of sp³-hybridized carbons (Fsp3) is 0.250. The standard InChI is InChI=1S/C20H22N4OS/c1-13-10-14(2)18(15(3)11-13)21-17(25)12-24(4)20-22-19(23-26-20)16-8-6-5-7-9-16/h5-11H,12H2,1-4H3,(H,21,25). The second kappa shape index (κ2) is 7.66. The Bertz CT molecular complexity index is 898. The first kappa shape index (κ1) is 18.1. The maximum absolute atomic E-state index is 12.5. The van der Waals surface area contributed by atoms with E-state index in [4.69, 9.17) is 0 Å². The molecule has 3 rings (SSSR count). The second-order valence-electron chi connectivity index (χ2n) is 6.44. The van der Waals surface area contributed by atoms with Crippen LogP contribution in [0.3, 0.4) is 0 Å². The van der Waals surface area contributed by atoms with Crippen molar-refractivity contribution < 1.29 is 4.79 Å². The van der Waals surface area contributed by atoms with Gasteiger partial charge in [0, 0.05) is 29.8 Å². The van der Waals surface area contributed by atoms with Crippen LogP contribution in [0.1, 0.15) is 16.7 Å². The molecule has 0 saturated heterocycles. The summed E-state index contributed by atoms with van der Waals surface area (Å²) in [4.78, 5) is 18.8. The molecule has 1 aromatic heterocycles. The molecular weight excluding hydrogens is 344 g/mol. The number of rotatable bonds is 5. The minimum absolute atomic E-state index is 0.0704. The van der Waals surface area contributed by atoms with E-state index in [2.05, 4.69) is 33.7 Å². The highest BCUT2D eigenvalue weighted by atomic mass is 32.1. The Morgan fingerprint density at radius 2 is 1.77 bits per heavy atom. The Balaban J connectivity index is 1.68. The highest BCUT2D eigenvalue weighted by Gasteiger charge is 2.15. The van der Waals surface area contributed by atoms with Gasteiger partial charge in [-0.25, -0.2) is 0 Å². The Morgan fingerprint density at radius 3 is 2.42 bits per heavy atom. The van der Waals surface area contributed by atoms with Crippen LogP contribution < -0.4 is 10.2 Å². The average molecular weight is 366 g/mol. The summed E-state index contributed by atoms with van der Waals surface area (Å²) < 4.78 is 4.39. The van der Waals surface area contributed by atoms with Crippen molar-refractivity contribution in [2.75, 3.05) is 23.8 Å². The predicted octanol–water partition coefficient (Wildman–Crippen LogP) is 4.21. The van der Waals surface area contributed by atoms with Gasteiger partial charge in [-0.3, -0.25) is 4.79 Å². The van der Waals surface area contributed by atoms with Crippen LogP contribution in [-0.2, 0) is 4.79 Å². The largest absolute Gasteiger partial charge is 0.341 e. The Hall–Kier alpha value is -2.73. The second-order valence-corrected chi connectivity index (χ2v) is 7.17. The molecule has 0 saturated carbocycles. The van der Waals surface area contributed by atoms with E-state index >= 15 is 0 Å². The SMILES string of the molecule is Cc1cc(C)c(NC(=O)CN(C)c2nc(-c3ccccc3)ns2)c(C)c1. The predicted molar refractivity (Wildman–Crippen MR) is 108 cm³/mol. The molecule has 3 aromatic rings. The quantitative estimate of drug-likeness (QED) is 0.735. The van der Waals surface area contributed by atoms with Gasteiger partial charge in [-0.05, 0) is 31.9 Å². The number of carbonyl (C=O) groups is 1. The van der Waals surface area contributed by atoms with Crippen LogP contribution >= 0.6 is 11.5 Å². The zero-order chi connectivity index (χ0) is 18.7. The zero-order valence-electron chi connectivity index (χ0n) is 15.4. The van der Waals surface area contributed by atoms with E-state index in [1.54, 1.807) is 0 Å². The molecule has 1 heterocycles. The van der Waals surface area contributed by atoms with Crippen LogP contribution in [-0.4, -0.2) is 28.9 Å². The molecule has 0 aliphatic rings. The fourth-order valence-electron chi connectivity index (χ4n) is 2.91. The number of hydrogen-bond acceptors (Lipinski definition) is 5. The molecule has 0 bridgehead atoms. The summed E-state index contributed by atoms with van der Waals surface area (Å²) in [5.74, 6) is 0.613. The van der Waals surface area contributed by atoms with Crippen molar-refractivity contribution in [3.8, 4) is 11.4 Å². The number of nitrogens with one attached hydrogen (secondary N) is 1. The molecule has 0 unspecified atom stereocenters. The van der Waals surface area contributed by atoms with Gasteiger partial charge in [-0.15, -0.1) is 0 Å². The number of aryl methyl sites for hydroxylation is 3. The molecule has 0 spiro atoms. The van der Waals surface area contributed by atoms with Gasteiger partial charge in [0.05, 0.1) is 6.54 Å². The maximum atomic E-state index is 12.5. The monoisotopic (exact) mass is 366 g/mol. The molecule has 0 aliphatic heterocycles. The normalized spacial score (nSPS) is 10.6. The van der Waals surface area contributed by atoms with Crippen molar-refractivity contribution in [1.29, 1.82) is 0 Å². The van der Waals surface area contributed by atoms with E-state index in [1.807, 2.05) is 56.1 Å². The summed E-state index contributed by atoms with van der Waals surface area (Å²) in [6.07, 6.45) is 0. The first-order chi connectivity index (χ1) is 12.4. The Kier molecular flexibility index (Phi) is 5.32. The van der Waals surface area contributed by atoms with Crippen molar-refractivity contribution in [2.45, 2.75) is 20.8 Å². The van der Waals surface area contributed by atoms with E-state index in [0.29, 0.717) is 5.82 Å². The number of amides is 1. The van der Waals surface area contributed by atoms with E-state index in [0.717, 1.165) is 27.5 Å². The molecule has 1 amide bonds. The molecule has 0 atom stereocenters. The van der Waals surface area contributed by atoms with Gasteiger partial charge in [0.25, 0.3) is 0 Å². The van der Waals surface area contributed by atoms with Crippen LogP contribution in [0.2, 0.25) is 0 Å². The number of aromatic nitrogens is 2. The Labute approximate surface area is 157 Å². The van der Waals surface area contributed by atoms with Gasteiger partial charge in [0.2, 0.25) is 11.0 Å². The molecule has 0 radical (unpaired) electrons. The van der Waals surface area contributed by atoms with E-state index in [-0.39, 0.29) is 12.5 Å². The van der Waals surface area contributed by atoms with Crippen LogP contribution in [0, 0.1) is 20.8 Å². The lowest BCUT2D eigenvalue weighted by atomic mass is 10.1. The van der Waals surface area contributed by atoms with Crippen LogP contribution in [0.25, 0.3) is 11.4 Å². The molecule has 1 N–H and O–H groups in total. The number of anilines is 2. The zero-order valence-corrected chi connectivity index (χ0v) is 16.2. The molecule has 0 aliphatic carbocycles. The number of nitrogens with zero attached hydrogens (tertiary/aromatic N) is 3. The molecule has 0 fully saturated rings. The topological polar surface area (TPSA) is 58.1 Å². The summed E-state index contributed by atoms with van der Waals surface area (Å²) in [5, 5.41) is 3.74. The lowest BCUT2D eigenvalue weighted by Gasteiger charge is -2.17. The lowest BCUT2D eigenvalue weighted by molar-refractivity contribution is -0.114. The van der Waals surface area contributed by atoms with E-state index < -0.39 is 0 Å². The minimum Gasteiger partial charge on any atom is -0.341 e. The number of likely N-dealkylation sites (N-methyl/N-ethyl adjacent to an activating group) is 1. The highest BCUT2D eigenvalue weighted by molar-refractivity contribution is 7.09. The van der Waals surface area contributed by atoms with Crippen molar-refractivity contribution in [1.82, 2.24) is 9.36 Å². The van der Waals surface area contributed by atoms with Gasteiger partial charge in [0.1, 0.15) is 0 Å². The first-order valence-electron chi connectivity index (χ1n) is 8.42. The third kappa shape index (κ3) is 4.08. The van der Waals surface area contributed by atoms with Gasteiger partial charge >= 0.3 is 0 Å². The smallest absolute Gasteiger partial charge is 0.243 e. The summed E-state index contributed by atoms with van der Waals surface area (Å²) in [5.41, 5.74) is 5.19. The molecule has 134 valence electrons. The van der Waals surface area contributed by atoms with E-state index in [1.165, 1.54) is 17.1 Å². The van der Waals surface area contributed by atoms with Crippen LogP contribution in [0.15, 0.2) is 42.5 Å². The fourth-order valence-corrected chi connectivity index (χ4v) is 3.56. The Morgan fingerprint density at radius 1 is 1.12 bits per heavy atom. The molecular formula is C20H22N4OS. The summed E-state index contributed by atoms with van der Waals surface area (Å²) in [7, 11) is 1.85. The van der Waals surface area contributed by atoms with Crippen molar-refractivity contribution >= 4 is 28.3 Å². The van der Waals surface area contributed by atoms with Crippen LogP contribution in [0.4, 0.5) is 10.8 Å². The molecule has 26 heavy (non-hydrogen) atoms. The van der Waals surface area contributed by atoms with Crippen molar-refractivity contribution in [2.24, 2.45) is 0 Å². The van der Waals surface area contributed by atoms with Crippen molar-refractivity contribution in [3.63, 3.8) is 0 Å². The third-order valence-electron chi connectivity index (χ3n) is 4.10. The lowest BCUT2D eigenvalue weighted by Crippen LogP contribution is -2.30. The number of carbonyl (C=O) groups excluding carboxylic acids is 1. The molecule has 5 nitrogen and oxygen atoms in total. The average Bonchev–Trinajstić information content (AvgIpc) is 3.09. The van der Waals surface area contributed by atoms with Gasteiger partial charge in [-0.1, -0.05) is 48.0 Å². The summed E-state index contributed by atoms with van der Waals surface area (Å²) in [6.45, 7) is 6.29. The number of benzene rings is 2. The highest BCUT2D eigenvalue weighted by Crippen LogP contribution is 2.24. The maximum Gasteiger partial charge on any atom is 0.243 e. The van der Waals surface area contributed by atoms with E-state index in [9.17, 15) is 4.79 Å². The molecule has 6 heteroatoms. The van der Waals surface area contributed by atoms with Crippen LogP contribution in [0.5, 0.6) is 0 Å². The third-order valence-corrected chi connectivity index (χ3v) is 4.93.